The van der Waals surface area contributed by atoms with Crippen LogP contribution in [0.2, 0.25) is 0 Å². The number of nitrogens with zero attached hydrogens (tertiary/aromatic N) is 5. The molecule has 2 fully saturated rings. The number of benzene rings is 1. The molecule has 4 rings (SSSR count). The van der Waals surface area contributed by atoms with Crippen molar-refractivity contribution in [2.75, 3.05) is 51.2 Å². The van der Waals surface area contributed by atoms with E-state index in [-0.39, 0.29) is 0 Å². The number of guanidine groups is 1. The highest BCUT2D eigenvalue weighted by atomic mass is 15.4. The molecule has 3 heterocycles. The van der Waals surface area contributed by atoms with Crippen LogP contribution in [0.1, 0.15) is 30.4 Å². The number of hydrogen-bond donors (Lipinski definition) is 1. The summed E-state index contributed by atoms with van der Waals surface area (Å²) < 4.78 is 0. The maximum absolute atomic E-state index is 4.56. The van der Waals surface area contributed by atoms with Crippen LogP contribution in [-0.4, -0.2) is 67.1 Å². The molecule has 2 aromatic rings. The van der Waals surface area contributed by atoms with E-state index in [0.29, 0.717) is 0 Å². The van der Waals surface area contributed by atoms with Gasteiger partial charge in [0.1, 0.15) is 5.82 Å². The lowest BCUT2D eigenvalue weighted by Gasteiger charge is -2.37. The van der Waals surface area contributed by atoms with Crippen LogP contribution in [0.5, 0.6) is 0 Å². The Hall–Kier alpha value is -2.60. The number of nitrogens with one attached hydrogen (secondary N) is 1. The van der Waals surface area contributed by atoms with E-state index in [1.807, 2.05) is 19.3 Å². The van der Waals surface area contributed by atoms with Crippen LogP contribution in [0.3, 0.4) is 0 Å². The summed E-state index contributed by atoms with van der Waals surface area (Å²) in [6, 6.07) is 14.9. The molecule has 1 aromatic heterocycles. The first-order chi connectivity index (χ1) is 14.8. The van der Waals surface area contributed by atoms with Crippen LogP contribution in [-0.2, 0) is 13.1 Å². The Kier molecular flexibility index (Phi) is 7.19. The van der Waals surface area contributed by atoms with E-state index >= 15 is 0 Å². The number of aliphatic imine (C=N–C) groups is 1. The van der Waals surface area contributed by atoms with Crippen LogP contribution < -0.4 is 10.2 Å². The second-order valence-corrected chi connectivity index (χ2v) is 8.17. The summed E-state index contributed by atoms with van der Waals surface area (Å²) in [7, 11) is 1.88. The highest BCUT2D eigenvalue weighted by Crippen LogP contribution is 2.17. The summed E-state index contributed by atoms with van der Waals surface area (Å²) >= 11 is 0. The standard InChI is InChI=1S/C24H34N6/c1-25-24(30-17-15-29(16-18-30)23-11-5-6-12-26-23)27-19-21-9-3-4-10-22(21)20-28-13-7-2-8-14-28/h3-6,9-12H,2,7-8,13-20H2,1H3,(H,25,27). The average Bonchev–Trinajstić information content (AvgIpc) is 2.82. The van der Waals surface area contributed by atoms with E-state index in [4.69, 9.17) is 0 Å². The molecule has 2 aliphatic rings. The van der Waals surface area contributed by atoms with Gasteiger partial charge >= 0.3 is 0 Å². The molecule has 0 spiro atoms. The Labute approximate surface area is 180 Å². The minimum absolute atomic E-state index is 0.817. The minimum atomic E-state index is 0.817. The van der Waals surface area contributed by atoms with Crippen molar-refractivity contribution in [1.82, 2.24) is 20.1 Å². The topological polar surface area (TPSA) is 47.0 Å². The van der Waals surface area contributed by atoms with Crippen molar-refractivity contribution in [1.29, 1.82) is 0 Å². The van der Waals surface area contributed by atoms with Crippen LogP contribution in [0.15, 0.2) is 53.7 Å². The van der Waals surface area contributed by atoms with Gasteiger partial charge in [-0.25, -0.2) is 4.98 Å². The molecular formula is C24H34N6. The molecule has 2 aliphatic heterocycles. The number of aromatic nitrogens is 1. The van der Waals surface area contributed by atoms with Gasteiger partial charge in [-0.05, 0) is 49.2 Å². The Bertz CT molecular complexity index is 807. The maximum atomic E-state index is 4.56. The molecule has 0 saturated carbocycles. The molecule has 2 saturated heterocycles. The van der Waals surface area contributed by atoms with Crippen molar-refractivity contribution < 1.29 is 0 Å². The largest absolute Gasteiger partial charge is 0.353 e. The molecule has 30 heavy (non-hydrogen) atoms. The molecule has 6 nitrogen and oxygen atoms in total. The third-order valence-corrected chi connectivity index (χ3v) is 6.16. The molecular weight excluding hydrogens is 372 g/mol. The number of anilines is 1. The number of hydrogen-bond acceptors (Lipinski definition) is 4. The van der Waals surface area contributed by atoms with E-state index < -0.39 is 0 Å². The lowest BCUT2D eigenvalue weighted by Crippen LogP contribution is -2.52. The lowest BCUT2D eigenvalue weighted by molar-refractivity contribution is 0.220. The zero-order chi connectivity index (χ0) is 20.6. The van der Waals surface area contributed by atoms with E-state index in [9.17, 15) is 0 Å². The Balaban J connectivity index is 1.32. The van der Waals surface area contributed by atoms with Gasteiger partial charge in [0.2, 0.25) is 0 Å². The molecule has 0 atom stereocenters. The van der Waals surface area contributed by atoms with Crippen molar-refractivity contribution in [3.8, 4) is 0 Å². The first-order valence-corrected chi connectivity index (χ1v) is 11.2. The van der Waals surface area contributed by atoms with Gasteiger partial charge in [-0.15, -0.1) is 0 Å². The normalized spacial score (nSPS) is 18.5. The van der Waals surface area contributed by atoms with Gasteiger partial charge in [0.15, 0.2) is 5.96 Å². The first kappa shape index (κ1) is 20.7. The van der Waals surface area contributed by atoms with Gasteiger partial charge in [0.25, 0.3) is 0 Å². The fourth-order valence-electron chi connectivity index (χ4n) is 4.44. The summed E-state index contributed by atoms with van der Waals surface area (Å²) in [4.78, 5) is 16.3. The summed E-state index contributed by atoms with van der Waals surface area (Å²) in [5.74, 6) is 2.05. The van der Waals surface area contributed by atoms with Gasteiger partial charge in [-0.1, -0.05) is 36.8 Å². The fraction of sp³-hybridized carbons (Fsp3) is 0.500. The zero-order valence-corrected chi connectivity index (χ0v) is 18.1. The number of piperidine rings is 1. The van der Waals surface area contributed by atoms with E-state index in [0.717, 1.165) is 51.0 Å². The second-order valence-electron chi connectivity index (χ2n) is 8.17. The maximum Gasteiger partial charge on any atom is 0.194 e. The van der Waals surface area contributed by atoms with Crippen molar-refractivity contribution >= 4 is 11.8 Å². The lowest BCUT2D eigenvalue weighted by atomic mass is 10.0. The molecule has 0 aliphatic carbocycles. The number of rotatable bonds is 5. The third kappa shape index (κ3) is 5.30. The third-order valence-electron chi connectivity index (χ3n) is 6.16. The SMILES string of the molecule is CN=C(NCc1ccccc1CN1CCCCC1)N1CCN(c2ccccn2)CC1. The van der Waals surface area contributed by atoms with Gasteiger partial charge in [0, 0.05) is 52.5 Å². The van der Waals surface area contributed by atoms with Crippen LogP contribution in [0, 0.1) is 0 Å². The minimum Gasteiger partial charge on any atom is -0.353 e. The first-order valence-electron chi connectivity index (χ1n) is 11.2. The fourth-order valence-corrected chi connectivity index (χ4v) is 4.44. The predicted octanol–water partition coefficient (Wildman–Crippen LogP) is 2.97. The summed E-state index contributed by atoms with van der Waals surface area (Å²) in [6.07, 6.45) is 5.90. The van der Waals surface area contributed by atoms with Gasteiger partial charge < -0.3 is 15.1 Å². The van der Waals surface area contributed by atoms with E-state index in [1.54, 1.807) is 0 Å². The van der Waals surface area contributed by atoms with Gasteiger partial charge in [-0.2, -0.15) is 0 Å². The molecule has 1 aromatic carbocycles. The van der Waals surface area contributed by atoms with E-state index in [1.165, 1.54) is 43.5 Å². The number of likely N-dealkylation sites (tertiary alicyclic amines) is 1. The smallest absolute Gasteiger partial charge is 0.194 e. The van der Waals surface area contributed by atoms with Gasteiger partial charge in [-0.3, -0.25) is 9.89 Å². The summed E-state index contributed by atoms with van der Waals surface area (Å²) in [5, 5.41) is 3.61. The van der Waals surface area contributed by atoms with Crippen LogP contribution in [0.25, 0.3) is 0 Å². The predicted molar refractivity (Wildman–Crippen MR) is 124 cm³/mol. The van der Waals surface area contributed by atoms with Crippen LogP contribution in [0.4, 0.5) is 5.82 Å². The molecule has 0 bridgehead atoms. The summed E-state index contributed by atoms with van der Waals surface area (Å²) in [6.45, 7) is 8.15. The molecule has 160 valence electrons. The van der Waals surface area contributed by atoms with Crippen molar-refractivity contribution in [2.24, 2.45) is 4.99 Å². The average molecular weight is 407 g/mol. The van der Waals surface area contributed by atoms with Crippen molar-refractivity contribution in [2.45, 2.75) is 32.4 Å². The van der Waals surface area contributed by atoms with Crippen molar-refractivity contribution in [3.63, 3.8) is 0 Å². The number of pyridine rings is 1. The quantitative estimate of drug-likeness (QED) is 0.611. The monoisotopic (exact) mass is 406 g/mol. The molecule has 6 heteroatoms. The van der Waals surface area contributed by atoms with Gasteiger partial charge in [0.05, 0.1) is 0 Å². The zero-order valence-electron chi connectivity index (χ0n) is 18.1. The summed E-state index contributed by atoms with van der Waals surface area (Å²) in [5.41, 5.74) is 2.80. The molecule has 0 unspecified atom stereocenters. The highest BCUT2D eigenvalue weighted by Gasteiger charge is 2.20. The van der Waals surface area contributed by atoms with Crippen LogP contribution >= 0.6 is 0 Å². The molecule has 0 radical (unpaired) electrons. The Morgan fingerprint density at radius 3 is 2.33 bits per heavy atom. The van der Waals surface area contributed by atoms with E-state index in [2.05, 4.69) is 66.4 Å². The number of piperazine rings is 1. The Morgan fingerprint density at radius 1 is 0.900 bits per heavy atom. The molecule has 0 amide bonds. The second kappa shape index (κ2) is 10.4. The highest BCUT2D eigenvalue weighted by molar-refractivity contribution is 5.80. The molecule has 1 N–H and O–H groups in total. The Morgan fingerprint density at radius 2 is 1.63 bits per heavy atom. The van der Waals surface area contributed by atoms with Crippen molar-refractivity contribution in [3.05, 3.63) is 59.8 Å².